The van der Waals surface area contributed by atoms with Gasteiger partial charge in [-0.05, 0) is 82.5 Å². The Morgan fingerprint density at radius 2 is 1.00 bits per heavy atom. The smallest absolute Gasteiger partial charge is 0.189 e. The molecule has 2 aliphatic heterocycles. The van der Waals surface area contributed by atoms with Gasteiger partial charge in [0.25, 0.3) is 0 Å². The second kappa shape index (κ2) is 6.47. The highest BCUT2D eigenvalue weighted by molar-refractivity contribution is 4.92. The highest BCUT2D eigenvalue weighted by atomic mass is 16.8. The second-order valence-electron chi connectivity index (χ2n) is 9.85. The first kappa shape index (κ1) is 18.2. The highest BCUT2D eigenvalue weighted by Crippen LogP contribution is 2.50. The predicted octanol–water partition coefficient (Wildman–Crippen LogP) is 4.66. The van der Waals surface area contributed by atoms with Gasteiger partial charge in [0.1, 0.15) is 13.2 Å². The largest absolute Gasteiger partial charge is 0.345 e. The zero-order valence-electron chi connectivity index (χ0n) is 16.5. The topological polar surface area (TPSA) is 43.5 Å². The van der Waals surface area contributed by atoms with E-state index >= 15 is 0 Å². The van der Waals surface area contributed by atoms with Crippen LogP contribution in [0.2, 0.25) is 0 Å². The standard InChI is InChI=1S/C21H36O4/c1-19(2,15-5-9-17(10-6-15)24-20(3)13-22-20)16-7-11-18(12-8-16)25-21(4)14-23-21/h15-18H,5-14H2,1-4H3. The molecule has 0 amide bonds. The van der Waals surface area contributed by atoms with Crippen molar-refractivity contribution in [3.05, 3.63) is 0 Å². The monoisotopic (exact) mass is 352 g/mol. The highest BCUT2D eigenvalue weighted by Gasteiger charge is 2.47. The summed E-state index contributed by atoms with van der Waals surface area (Å²) in [7, 11) is 0. The molecule has 4 fully saturated rings. The van der Waals surface area contributed by atoms with E-state index in [1.165, 1.54) is 51.4 Å². The summed E-state index contributed by atoms with van der Waals surface area (Å²) in [5.74, 6) is 1.14. The normalized spacial score (nSPS) is 47.5. The Labute approximate surface area is 152 Å². The van der Waals surface area contributed by atoms with Crippen LogP contribution in [0.1, 0.15) is 79.1 Å². The lowest BCUT2D eigenvalue weighted by atomic mass is 9.60. The van der Waals surface area contributed by atoms with E-state index in [9.17, 15) is 0 Å². The molecule has 25 heavy (non-hydrogen) atoms. The molecule has 0 N–H and O–H groups in total. The molecule has 0 aromatic carbocycles. The number of rotatable bonds is 6. The molecular formula is C21H36O4. The van der Waals surface area contributed by atoms with E-state index in [2.05, 4.69) is 27.7 Å². The van der Waals surface area contributed by atoms with Crippen molar-refractivity contribution in [2.45, 2.75) is 103 Å². The summed E-state index contributed by atoms with van der Waals surface area (Å²) < 4.78 is 23.0. The minimum Gasteiger partial charge on any atom is -0.345 e. The van der Waals surface area contributed by atoms with Gasteiger partial charge in [-0.1, -0.05) is 13.8 Å². The lowest BCUT2D eigenvalue weighted by Crippen LogP contribution is -2.40. The molecule has 2 aliphatic carbocycles. The first-order valence-corrected chi connectivity index (χ1v) is 10.4. The van der Waals surface area contributed by atoms with E-state index < -0.39 is 0 Å². The minimum atomic E-state index is -0.257. The fraction of sp³-hybridized carbons (Fsp3) is 1.00. The van der Waals surface area contributed by atoms with E-state index in [0.29, 0.717) is 17.6 Å². The van der Waals surface area contributed by atoms with E-state index in [-0.39, 0.29) is 11.6 Å². The van der Waals surface area contributed by atoms with Crippen molar-refractivity contribution in [3.63, 3.8) is 0 Å². The summed E-state index contributed by atoms with van der Waals surface area (Å²) in [6.45, 7) is 10.7. The molecule has 4 aliphatic rings. The van der Waals surface area contributed by atoms with Crippen molar-refractivity contribution in [1.29, 1.82) is 0 Å². The average Bonchev–Trinajstić information content (AvgIpc) is 3.49. The Bertz CT molecular complexity index is 422. The van der Waals surface area contributed by atoms with Crippen molar-refractivity contribution in [2.75, 3.05) is 13.2 Å². The van der Waals surface area contributed by atoms with Gasteiger partial charge in [0.2, 0.25) is 0 Å². The quantitative estimate of drug-likeness (QED) is 0.652. The summed E-state index contributed by atoms with van der Waals surface area (Å²) >= 11 is 0. The van der Waals surface area contributed by atoms with Gasteiger partial charge >= 0.3 is 0 Å². The Morgan fingerprint density at radius 1 is 0.680 bits per heavy atom. The van der Waals surface area contributed by atoms with Crippen LogP contribution in [-0.2, 0) is 18.9 Å². The maximum atomic E-state index is 6.11. The Morgan fingerprint density at radius 3 is 1.28 bits per heavy atom. The molecule has 2 heterocycles. The van der Waals surface area contributed by atoms with Crippen LogP contribution >= 0.6 is 0 Å². The summed E-state index contributed by atoms with van der Waals surface area (Å²) in [5.41, 5.74) is 0.426. The van der Waals surface area contributed by atoms with Gasteiger partial charge < -0.3 is 18.9 Å². The van der Waals surface area contributed by atoms with Gasteiger partial charge in [0.15, 0.2) is 11.6 Å². The van der Waals surface area contributed by atoms with Gasteiger partial charge in [0.05, 0.1) is 12.2 Å². The zero-order valence-corrected chi connectivity index (χ0v) is 16.5. The number of epoxide rings is 2. The molecule has 0 radical (unpaired) electrons. The van der Waals surface area contributed by atoms with Gasteiger partial charge in [-0.2, -0.15) is 0 Å². The summed E-state index contributed by atoms with van der Waals surface area (Å²) in [5, 5.41) is 0. The lowest BCUT2D eigenvalue weighted by Gasteiger charge is -2.46. The van der Waals surface area contributed by atoms with Gasteiger partial charge in [0, 0.05) is 0 Å². The third-order valence-electron chi connectivity index (χ3n) is 7.39. The molecule has 0 aromatic heterocycles. The number of ether oxygens (including phenoxy) is 4. The van der Waals surface area contributed by atoms with Gasteiger partial charge in [-0.25, -0.2) is 0 Å². The molecular weight excluding hydrogens is 316 g/mol. The summed E-state index contributed by atoms with van der Waals surface area (Å²) in [6, 6.07) is 0. The van der Waals surface area contributed by atoms with Gasteiger partial charge in [-0.15, -0.1) is 0 Å². The maximum absolute atomic E-state index is 6.11. The predicted molar refractivity (Wildman–Crippen MR) is 96.2 cm³/mol. The van der Waals surface area contributed by atoms with Crippen LogP contribution in [0.5, 0.6) is 0 Å². The van der Waals surface area contributed by atoms with Crippen molar-refractivity contribution in [2.24, 2.45) is 17.3 Å². The van der Waals surface area contributed by atoms with Crippen molar-refractivity contribution >= 4 is 0 Å². The first-order chi connectivity index (χ1) is 11.8. The first-order valence-electron chi connectivity index (χ1n) is 10.4. The van der Waals surface area contributed by atoms with E-state index in [0.717, 1.165) is 25.0 Å². The molecule has 2 unspecified atom stereocenters. The third kappa shape index (κ3) is 4.23. The SMILES string of the molecule is CC1(OC2CCC(C(C)(C)C3CCC(OC4(C)CO4)CC3)CC2)CO1. The molecule has 4 nitrogen and oxygen atoms in total. The molecule has 144 valence electrons. The number of hydrogen-bond acceptors (Lipinski definition) is 4. The minimum absolute atomic E-state index is 0.257. The van der Waals surface area contributed by atoms with Crippen LogP contribution < -0.4 is 0 Å². The van der Waals surface area contributed by atoms with Crippen LogP contribution in [0.15, 0.2) is 0 Å². The van der Waals surface area contributed by atoms with Crippen LogP contribution in [0.4, 0.5) is 0 Å². The van der Waals surface area contributed by atoms with Crippen molar-refractivity contribution in [1.82, 2.24) is 0 Å². The van der Waals surface area contributed by atoms with E-state index in [1.54, 1.807) is 0 Å². The average molecular weight is 353 g/mol. The fourth-order valence-electron chi connectivity index (χ4n) is 5.23. The Balaban J connectivity index is 1.24. The lowest BCUT2D eigenvalue weighted by molar-refractivity contribution is -0.112. The fourth-order valence-corrected chi connectivity index (χ4v) is 5.23. The summed E-state index contributed by atoms with van der Waals surface area (Å²) in [4.78, 5) is 0. The molecule has 0 bridgehead atoms. The molecule has 0 aromatic rings. The molecule has 2 saturated heterocycles. The van der Waals surface area contributed by atoms with E-state index in [1.807, 2.05) is 0 Å². The van der Waals surface area contributed by atoms with Crippen LogP contribution in [0.25, 0.3) is 0 Å². The molecule has 4 heteroatoms. The molecule has 4 rings (SSSR count). The maximum Gasteiger partial charge on any atom is 0.189 e. The Kier molecular flexibility index (Phi) is 4.71. The van der Waals surface area contributed by atoms with E-state index in [4.69, 9.17) is 18.9 Å². The zero-order chi connectivity index (χ0) is 17.7. The van der Waals surface area contributed by atoms with Crippen LogP contribution in [-0.4, -0.2) is 37.0 Å². The van der Waals surface area contributed by atoms with Crippen molar-refractivity contribution < 1.29 is 18.9 Å². The Hall–Kier alpha value is -0.160. The second-order valence-corrected chi connectivity index (χ2v) is 9.85. The number of hydrogen-bond donors (Lipinski definition) is 0. The third-order valence-corrected chi connectivity index (χ3v) is 7.39. The molecule has 0 spiro atoms. The molecule has 2 atom stereocenters. The molecule has 2 saturated carbocycles. The van der Waals surface area contributed by atoms with Crippen LogP contribution in [0, 0.1) is 17.3 Å². The van der Waals surface area contributed by atoms with Crippen molar-refractivity contribution in [3.8, 4) is 0 Å². The van der Waals surface area contributed by atoms with Crippen LogP contribution in [0.3, 0.4) is 0 Å². The van der Waals surface area contributed by atoms with Gasteiger partial charge in [-0.3, -0.25) is 0 Å². The summed E-state index contributed by atoms with van der Waals surface area (Å²) in [6.07, 6.45) is 10.8.